The van der Waals surface area contributed by atoms with Gasteiger partial charge >= 0.3 is 0 Å². The molecule has 0 spiro atoms. The van der Waals surface area contributed by atoms with E-state index in [4.69, 9.17) is 5.73 Å². The van der Waals surface area contributed by atoms with E-state index in [2.05, 4.69) is 45.1 Å². The van der Waals surface area contributed by atoms with Gasteiger partial charge in [0.15, 0.2) is 0 Å². The van der Waals surface area contributed by atoms with Gasteiger partial charge in [0.1, 0.15) is 0 Å². The van der Waals surface area contributed by atoms with Crippen molar-refractivity contribution in [1.82, 2.24) is 0 Å². The molecule has 80 valence electrons. The van der Waals surface area contributed by atoms with E-state index in [1.165, 1.54) is 23.1 Å². The van der Waals surface area contributed by atoms with Gasteiger partial charge in [-0.1, -0.05) is 12.1 Å². The molecule has 1 heterocycles. The van der Waals surface area contributed by atoms with E-state index < -0.39 is 0 Å². The van der Waals surface area contributed by atoms with Crippen molar-refractivity contribution in [3.63, 3.8) is 0 Å². The van der Waals surface area contributed by atoms with Crippen molar-refractivity contribution in [2.75, 3.05) is 18.0 Å². The van der Waals surface area contributed by atoms with Gasteiger partial charge < -0.3 is 10.6 Å². The topological polar surface area (TPSA) is 29.3 Å². The van der Waals surface area contributed by atoms with E-state index in [0.29, 0.717) is 6.04 Å². The molecular weight excluding hydrogens is 252 g/mol. The van der Waals surface area contributed by atoms with Crippen molar-refractivity contribution in [2.24, 2.45) is 17.6 Å². The average molecular weight is 267 g/mol. The van der Waals surface area contributed by atoms with Crippen molar-refractivity contribution in [2.45, 2.75) is 12.5 Å². The average Bonchev–Trinajstić information content (AvgIpc) is 2.91. The molecule has 0 aromatic heterocycles. The third-order valence-corrected chi connectivity index (χ3v) is 4.38. The maximum atomic E-state index is 5.87. The molecule has 1 aliphatic heterocycles. The molecule has 1 aliphatic carbocycles. The van der Waals surface area contributed by atoms with Crippen LogP contribution < -0.4 is 10.6 Å². The van der Waals surface area contributed by atoms with E-state index in [1.54, 1.807) is 0 Å². The first-order valence-corrected chi connectivity index (χ1v) is 6.32. The lowest BCUT2D eigenvalue weighted by Gasteiger charge is -2.29. The third-order valence-electron chi connectivity index (χ3n) is 3.71. The van der Waals surface area contributed by atoms with Gasteiger partial charge in [0.05, 0.1) is 5.69 Å². The van der Waals surface area contributed by atoms with Gasteiger partial charge in [0, 0.05) is 23.6 Å². The number of piperidine rings is 1. The highest BCUT2D eigenvalue weighted by molar-refractivity contribution is 9.10. The second-order valence-electron chi connectivity index (χ2n) is 4.57. The predicted molar refractivity (Wildman–Crippen MR) is 65.9 cm³/mol. The van der Waals surface area contributed by atoms with Crippen LogP contribution in [0.5, 0.6) is 0 Å². The van der Waals surface area contributed by atoms with Crippen LogP contribution in [0.1, 0.15) is 6.42 Å². The number of halogens is 1. The molecule has 1 aromatic rings. The summed E-state index contributed by atoms with van der Waals surface area (Å²) in [4.78, 5) is 2.48. The number of para-hydroxylation sites is 1. The van der Waals surface area contributed by atoms with E-state index in [9.17, 15) is 0 Å². The van der Waals surface area contributed by atoms with Crippen LogP contribution in [0.15, 0.2) is 28.7 Å². The van der Waals surface area contributed by atoms with Crippen LogP contribution in [-0.4, -0.2) is 19.1 Å². The zero-order valence-corrected chi connectivity index (χ0v) is 10.2. The highest BCUT2D eigenvalue weighted by Crippen LogP contribution is 2.51. The number of nitrogens with zero attached hydrogens (tertiary/aromatic N) is 1. The molecule has 1 saturated carbocycles. The maximum absolute atomic E-state index is 5.87. The van der Waals surface area contributed by atoms with Crippen LogP contribution in [0.3, 0.4) is 0 Å². The molecule has 3 unspecified atom stereocenters. The Morgan fingerprint density at radius 1 is 1.40 bits per heavy atom. The van der Waals surface area contributed by atoms with Crippen LogP contribution in [0.4, 0.5) is 5.69 Å². The lowest BCUT2D eigenvalue weighted by molar-refractivity contribution is 0.604. The SMILES string of the molecule is NCC1C2CC2CN1c1ccccc1Br. The first-order chi connectivity index (χ1) is 7.31. The number of hydrogen-bond donors (Lipinski definition) is 1. The van der Waals surface area contributed by atoms with Gasteiger partial charge in [-0.25, -0.2) is 0 Å². The van der Waals surface area contributed by atoms with Crippen LogP contribution in [-0.2, 0) is 0 Å². The lowest BCUT2D eigenvalue weighted by Crippen LogP contribution is -2.39. The summed E-state index contributed by atoms with van der Waals surface area (Å²) in [6.45, 7) is 1.97. The Morgan fingerprint density at radius 2 is 2.20 bits per heavy atom. The van der Waals surface area contributed by atoms with E-state index in [-0.39, 0.29) is 0 Å². The van der Waals surface area contributed by atoms with E-state index in [0.717, 1.165) is 18.4 Å². The third kappa shape index (κ3) is 1.49. The zero-order valence-electron chi connectivity index (χ0n) is 8.57. The minimum atomic E-state index is 0.564. The Morgan fingerprint density at radius 3 is 2.93 bits per heavy atom. The largest absolute Gasteiger partial charge is 0.366 e. The number of fused-ring (bicyclic) bond motifs is 1. The van der Waals surface area contributed by atoms with Crippen molar-refractivity contribution in [3.05, 3.63) is 28.7 Å². The smallest absolute Gasteiger partial charge is 0.0513 e. The number of anilines is 1. The number of hydrogen-bond acceptors (Lipinski definition) is 2. The van der Waals surface area contributed by atoms with Gasteiger partial charge in [-0.15, -0.1) is 0 Å². The highest BCUT2D eigenvalue weighted by Gasteiger charge is 2.51. The first kappa shape index (κ1) is 9.67. The van der Waals surface area contributed by atoms with Crippen molar-refractivity contribution < 1.29 is 0 Å². The molecule has 2 nitrogen and oxygen atoms in total. The Hall–Kier alpha value is -0.540. The molecule has 1 saturated heterocycles. The Kier molecular flexibility index (Phi) is 2.25. The monoisotopic (exact) mass is 266 g/mol. The van der Waals surface area contributed by atoms with E-state index >= 15 is 0 Å². The van der Waals surface area contributed by atoms with Gasteiger partial charge in [0.2, 0.25) is 0 Å². The fraction of sp³-hybridized carbons (Fsp3) is 0.500. The standard InChI is InChI=1S/C12H15BrN2/c13-10-3-1-2-4-11(10)15-7-8-5-9(8)12(15)6-14/h1-4,8-9,12H,5-7,14H2. The minimum Gasteiger partial charge on any atom is -0.366 e. The summed E-state index contributed by atoms with van der Waals surface area (Å²) in [6.07, 6.45) is 1.39. The predicted octanol–water partition coefficient (Wildman–Crippen LogP) is 2.23. The highest BCUT2D eigenvalue weighted by atomic mass is 79.9. The Bertz CT molecular complexity index is 380. The number of nitrogens with two attached hydrogens (primary N) is 1. The summed E-state index contributed by atoms with van der Waals surface area (Å²) in [5.74, 6) is 1.77. The fourth-order valence-electron chi connectivity index (χ4n) is 2.84. The molecule has 0 radical (unpaired) electrons. The summed E-state index contributed by atoms with van der Waals surface area (Å²) in [6, 6.07) is 9.00. The van der Waals surface area contributed by atoms with E-state index in [1.807, 2.05) is 0 Å². The maximum Gasteiger partial charge on any atom is 0.0513 e. The summed E-state index contributed by atoms with van der Waals surface area (Å²) >= 11 is 3.62. The molecule has 15 heavy (non-hydrogen) atoms. The zero-order chi connectivity index (χ0) is 10.4. The van der Waals surface area contributed by atoms with Crippen molar-refractivity contribution in [1.29, 1.82) is 0 Å². The second-order valence-corrected chi connectivity index (χ2v) is 5.42. The number of rotatable bonds is 2. The Labute approximate surface area is 98.6 Å². The van der Waals surface area contributed by atoms with Crippen LogP contribution in [0.2, 0.25) is 0 Å². The quantitative estimate of drug-likeness (QED) is 0.890. The fourth-order valence-corrected chi connectivity index (χ4v) is 3.35. The summed E-state index contributed by atoms with van der Waals surface area (Å²) in [5.41, 5.74) is 7.18. The lowest BCUT2D eigenvalue weighted by atomic mass is 10.1. The summed E-state index contributed by atoms with van der Waals surface area (Å²) in [5, 5.41) is 0. The van der Waals surface area contributed by atoms with Gasteiger partial charge in [-0.2, -0.15) is 0 Å². The van der Waals surface area contributed by atoms with Gasteiger partial charge in [-0.3, -0.25) is 0 Å². The van der Waals surface area contributed by atoms with Gasteiger partial charge in [-0.05, 0) is 46.3 Å². The molecule has 0 bridgehead atoms. The Balaban J connectivity index is 1.91. The van der Waals surface area contributed by atoms with Crippen molar-refractivity contribution >= 4 is 21.6 Å². The summed E-state index contributed by atoms with van der Waals surface area (Å²) in [7, 11) is 0. The number of benzene rings is 1. The summed E-state index contributed by atoms with van der Waals surface area (Å²) < 4.78 is 1.18. The van der Waals surface area contributed by atoms with Gasteiger partial charge in [0.25, 0.3) is 0 Å². The first-order valence-electron chi connectivity index (χ1n) is 5.52. The second kappa shape index (κ2) is 3.49. The molecule has 3 rings (SSSR count). The van der Waals surface area contributed by atoms with Crippen molar-refractivity contribution in [3.8, 4) is 0 Å². The molecule has 2 aliphatic rings. The molecule has 0 amide bonds. The molecule has 1 aromatic carbocycles. The molecule has 3 atom stereocenters. The molecule has 2 fully saturated rings. The van der Waals surface area contributed by atoms with Crippen LogP contribution in [0, 0.1) is 11.8 Å². The normalized spacial score (nSPS) is 32.9. The molecule has 2 N–H and O–H groups in total. The minimum absolute atomic E-state index is 0.564. The van der Waals surface area contributed by atoms with Crippen LogP contribution >= 0.6 is 15.9 Å². The molecule has 3 heteroatoms. The van der Waals surface area contributed by atoms with Crippen LogP contribution in [0.25, 0.3) is 0 Å². The molecular formula is C12H15BrN2.